The number of hydrogen-bond donors (Lipinski definition) is 1. The molecule has 1 aliphatic rings. The van der Waals surface area contributed by atoms with E-state index >= 15 is 0 Å². The van der Waals surface area contributed by atoms with Gasteiger partial charge in [-0.15, -0.1) is 0 Å². The van der Waals surface area contributed by atoms with Crippen molar-refractivity contribution < 1.29 is 0 Å². The summed E-state index contributed by atoms with van der Waals surface area (Å²) < 4.78 is 0. The van der Waals surface area contributed by atoms with Crippen molar-refractivity contribution >= 4 is 11.4 Å². The predicted molar refractivity (Wildman–Crippen MR) is 159 cm³/mol. The summed E-state index contributed by atoms with van der Waals surface area (Å²) in [4.78, 5) is 0. The van der Waals surface area contributed by atoms with Crippen LogP contribution >= 0.6 is 0 Å². The van der Waals surface area contributed by atoms with Gasteiger partial charge in [0.25, 0.3) is 0 Å². The number of nitrogens with one attached hydrogen (secondary N) is 1. The number of benzene rings is 6. The third-order valence-electron chi connectivity index (χ3n) is 7.74. The van der Waals surface area contributed by atoms with Crippen molar-refractivity contribution in [3.05, 3.63) is 180 Å². The lowest BCUT2D eigenvalue weighted by atomic mass is 9.67. The van der Waals surface area contributed by atoms with Gasteiger partial charge in [-0.05, 0) is 68.8 Å². The molecule has 0 atom stereocenters. The Hall–Kier alpha value is -4.88. The first-order chi connectivity index (χ1) is 18.9. The number of fused-ring (bicyclic) bond motifs is 3. The van der Waals surface area contributed by atoms with Gasteiger partial charge in [0, 0.05) is 11.4 Å². The van der Waals surface area contributed by atoms with Crippen molar-refractivity contribution in [1.29, 1.82) is 0 Å². The third kappa shape index (κ3) is 3.48. The summed E-state index contributed by atoms with van der Waals surface area (Å²) in [6.07, 6.45) is 0. The Kier molecular flexibility index (Phi) is 5.41. The molecule has 7 rings (SSSR count). The molecule has 6 aromatic rings. The van der Waals surface area contributed by atoms with E-state index in [0.29, 0.717) is 0 Å². The van der Waals surface area contributed by atoms with Crippen LogP contribution in [0.1, 0.15) is 22.3 Å². The molecule has 6 aromatic carbocycles. The molecule has 0 radical (unpaired) electrons. The highest BCUT2D eigenvalue weighted by molar-refractivity contribution is 5.95. The number of hydrogen-bond acceptors (Lipinski definition) is 1. The fourth-order valence-corrected chi connectivity index (χ4v) is 6.16. The minimum Gasteiger partial charge on any atom is -0.356 e. The fraction of sp³-hybridized carbons (Fsp3) is 0.0270. The predicted octanol–water partition coefficient (Wildman–Crippen LogP) is 9.46. The normalized spacial score (nSPS) is 12.9. The lowest BCUT2D eigenvalue weighted by Crippen LogP contribution is -2.28. The van der Waals surface area contributed by atoms with Crippen LogP contribution in [0.2, 0.25) is 0 Å². The van der Waals surface area contributed by atoms with Crippen LogP contribution in [0.25, 0.3) is 22.3 Å². The van der Waals surface area contributed by atoms with E-state index in [1.165, 1.54) is 44.5 Å². The lowest BCUT2D eigenvalue weighted by Gasteiger charge is -2.34. The van der Waals surface area contributed by atoms with Crippen LogP contribution in [0.4, 0.5) is 11.4 Å². The number of rotatable bonds is 5. The largest absolute Gasteiger partial charge is 0.356 e. The highest BCUT2D eigenvalue weighted by Crippen LogP contribution is 2.58. The van der Waals surface area contributed by atoms with Crippen molar-refractivity contribution in [2.75, 3.05) is 5.32 Å². The maximum Gasteiger partial charge on any atom is 0.0713 e. The third-order valence-corrected chi connectivity index (χ3v) is 7.74. The van der Waals surface area contributed by atoms with Crippen LogP contribution in [-0.4, -0.2) is 0 Å². The van der Waals surface area contributed by atoms with E-state index in [9.17, 15) is 0 Å². The first kappa shape index (κ1) is 22.3. The number of anilines is 2. The van der Waals surface area contributed by atoms with Gasteiger partial charge in [0.1, 0.15) is 0 Å². The summed E-state index contributed by atoms with van der Waals surface area (Å²) in [6, 6.07) is 56.8. The maximum atomic E-state index is 3.51. The highest BCUT2D eigenvalue weighted by Gasteiger charge is 2.46. The van der Waals surface area contributed by atoms with Gasteiger partial charge >= 0.3 is 0 Å². The Balaban J connectivity index is 1.44. The van der Waals surface area contributed by atoms with E-state index in [0.717, 1.165) is 11.4 Å². The van der Waals surface area contributed by atoms with E-state index in [2.05, 4.69) is 145 Å². The minimum absolute atomic E-state index is 0.376. The second-order valence-electron chi connectivity index (χ2n) is 9.82. The molecular formula is C37H27N. The molecule has 0 saturated carbocycles. The van der Waals surface area contributed by atoms with Crippen molar-refractivity contribution in [3.8, 4) is 22.3 Å². The van der Waals surface area contributed by atoms with Crippen LogP contribution in [-0.2, 0) is 5.41 Å². The van der Waals surface area contributed by atoms with E-state index in [4.69, 9.17) is 0 Å². The SMILES string of the molecule is c1ccc(Nc2ccc(-c3cccc4c3-c3ccccc3C4(c3ccccc3)c3ccccc3)cc2)cc1. The summed E-state index contributed by atoms with van der Waals surface area (Å²) in [6.45, 7) is 0. The van der Waals surface area contributed by atoms with E-state index in [-0.39, 0.29) is 5.41 Å². The van der Waals surface area contributed by atoms with Crippen molar-refractivity contribution in [2.45, 2.75) is 5.41 Å². The first-order valence-corrected chi connectivity index (χ1v) is 13.1. The number of para-hydroxylation sites is 1. The van der Waals surface area contributed by atoms with Crippen molar-refractivity contribution in [1.82, 2.24) is 0 Å². The standard InChI is InChI=1S/C37H27N/c1-4-13-28(14-5-1)37(29-15-6-2-7-16-29)34-21-11-10-19-33(34)36-32(20-12-22-35(36)37)27-23-25-31(26-24-27)38-30-17-8-3-9-18-30/h1-26,38H. The van der Waals surface area contributed by atoms with Crippen molar-refractivity contribution in [3.63, 3.8) is 0 Å². The summed E-state index contributed by atoms with van der Waals surface area (Å²) in [5, 5.41) is 3.51. The Morgan fingerprint density at radius 2 is 0.868 bits per heavy atom. The van der Waals surface area contributed by atoms with Crippen LogP contribution in [0.15, 0.2) is 158 Å². The Morgan fingerprint density at radius 1 is 0.368 bits per heavy atom. The molecule has 0 amide bonds. The zero-order valence-corrected chi connectivity index (χ0v) is 21.0. The van der Waals surface area contributed by atoms with Gasteiger partial charge in [-0.1, -0.05) is 133 Å². The second-order valence-corrected chi connectivity index (χ2v) is 9.82. The van der Waals surface area contributed by atoms with Gasteiger partial charge in [0.15, 0.2) is 0 Å². The maximum absolute atomic E-state index is 3.51. The van der Waals surface area contributed by atoms with Crippen LogP contribution in [0.5, 0.6) is 0 Å². The topological polar surface area (TPSA) is 12.0 Å². The Morgan fingerprint density at radius 3 is 1.53 bits per heavy atom. The van der Waals surface area contributed by atoms with Gasteiger partial charge in [0.2, 0.25) is 0 Å². The summed E-state index contributed by atoms with van der Waals surface area (Å²) >= 11 is 0. The molecule has 0 bridgehead atoms. The van der Waals surface area contributed by atoms with E-state index < -0.39 is 0 Å². The quantitative estimate of drug-likeness (QED) is 0.256. The first-order valence-electron chi connectivity index (χ1n) is 13.1. The Bertz CT molecular complexity index is 1660. The average Bonchev–Trinajstić information content (AvgIpc) is 3.30. The van der Waals surface area contributed by atoms with Gasteiger partial charge < -0.3 is 5.32 Å². The smallest absolute Gasteiger partial charge is 0.0713 e. The van der Waals surface area contributed by atoms with E-state index in [1.54, 1.807) is 0 Å². The molecule has 0 aromatic heterocycles. The molecule has 0 heterocycles. The summed E-state index contributed by atoms with van der Waals surface area (Å²) in [5.74, 6) is 0. The minimum atomic E-state index is -0.376. The highest BCUT2D eigenvalue weighted by atomic mass is 14.9. The zero-order chi connectivity index (χ0) is 25.4. The second kappa shape index (κ2) is 9.21. The molecule has 180 valence electrons. The molecule has 1 heteroatoms. The average molecular weight is 486 g/mol. The van der Waals surface area contributed by atoms with Crippen molar-refractivity contribution in [2.24, 2.45) is 0 Å². The summed E-state index contributed by atoms with van der Waals surface area (Å²) in [5.41, 5.74) is 12.1. The fourth-order valence-electron chi connectivity index (χ4n) is 6.16. The monoisotopic (exact) mass is 485 g/mol. The molecule has 1 N–H and O–H groups in total. The lowest BCUT2D eigenvalue weighted by molar-refractivity contribution is 0.768. The molecule has 0 unspecified atom stereocenters. The van der Waals surface area contributed by atoms with Crippen LogP contribution < -0.4 is 5.32 Å². The van der Waals surface area contributed by atoms with Gasteiger partial charge in [0.05, 0.1) is 5.41 Å². The molecule has 38 heavy (non-hydrogen) atoms. The van der Waals surface area contributed by atoms with Gasteiger partial charge in [-0.25, -0.2) is 0 Å². The molecule has 1 aliphatic carbocycles. The molecular weight excluding hydrogens is 458 g/mol. The van der Waals surface area contributed by atoms with Crippen LogP contribution in [0.3, 0.4) is 0 Å². The molecule has 0 fully saturated rings. The molecule has 0 saturated heterocycles. The zero-order valence-electron chi connectivity index (χ0n) is 21.0. The van der Waals surface area contributed by atoms with Gasteiger partial charge in [-0.2, -0.15) is 0 Å². The summed E-state index contributed by atoms with van der Waals surface area (Å²) in [7, 11) is 0. The molecule has 0 spiro atoms. The Labute approximate surface area is 224 Å². The van der Waals surface area contributed by atoms with E-state index in [1.807, 2.05) is 18.2 Å². The molecule has 1 nitrogen and oxygen atoms in total. The molecule has 0 aliphatic heterocycles. The van der Waals surface area contributed by atoms with Gasteiger partial charge in [-0.3, -0.25) is 0 Å². The van der Waals surface area contributed by atoms with Crippen LogP contribution in [0, 0.1) is 0 Å².